The van der Waals surface area contributed by atoms with E-state index >= 15 is 0 Å². The van der Waals surface area contributed by atoms with Crippen molar-refractivity contribution in [3.05, 3.63) is 22.4 Å². The number of hydrogen-bond acceptors (Lipinski definition) is 3. The van der Waals surface area contributed by atoms with Gasteiger partial charge in [0.1, 0.15) is 5.78 Å². The van der Waals surface area contributed by atoms with E-state index < -0.39 is 0 Å². The summed E-state index contributed by atoms with van der Waals surface area (Å²) in [6.07, 6.45) is 9.72. The summed E-state index contributed by atoms with van der Waals surface area (Å²) in [5.41, 5.74) is 0. The predicted molar refractivity (Wildman–Crippen MR) is 95.7 cm³/mol. The number of carbonyl (C=O) groups is 2. The summed E-state index contributed by atoms with van der Waals surface area (Å²) in [5.74, 6) is 1.57. The Morgan fingerprint density at radius 1 is 1.08 bits per heavy atom. The maximum absolute atomic E-state index is 13.0. The van der Waals surface area contributed by atoms with Gasteiger partial charge in [-0.15, -0.1) is 11.3 Å². The summed E-state index contributed by atoms with van der Waals surface area (Å²) in [5, 5.41) is 5.50. The van der Waals surface area contributed by atoms with Gasteiger partial charge >= 0.3 is 0 Å². The molecule has 1 heterocycles. The van der Waals surface area contributed by atoms with E-state index in [-0.39, 0.29) is 29.7 Å². The molecule has 1 unspecified atom stereocenters. The average molecular weight is 346 g/mol. The number of nitrogens with one attached hydrogen (secondary N) is 1. The van der Waals surface area contributed by atoms with Gasteiger partial charge in [-0.25, -0.2) is 0 Å². The van der Waals surface area contributed by atoms with Crippen molar-refractivity contribution in [2.45, 2.75) is 63.8 Å². The zero-order valence-electron chi connectivity index (χ0n) is 14.2. The molecule has 4 atom stereocenters. The number of hydrogen-bond donors (Lipinski definition) is 1. The third-order valence-electron chi connectivity index (χ3n) is 6.44. The van der Waals surface area contributed by atoms with E-state index in [1.165, 1.54) is 30.6 Å². The van der Waals surface area contributed by atoms with Crippen LogP contribution < -0.4 is 5.32 Å². The summed E-state index contributed by atoms with van der Waals surface area (Å²) in [7, 11) is 0. The van der Waals surface area contributed by atoms with Crippen LogP contribution in [0.25, 0.3) is 0 Å². The molecule has 0 aromatic carbocycles. The van der Waals surface area contributed by atoms with Crippen molar-refractivity contribution in [2.24, 2.45) is 23.7 Å². The maximum Gasteiger partial charge on any atom is 0.223 e. The first-order valence-corrected chi connectivity index (χ1v) is 10.5. The van der Waals surface area contributed by atoms with Crippen LogP contribution in [0, 0.1) is 23.7 Å². The second-order valence-corrected chi connectivity index (χ2v) is 8.92. The number of amides is 1. The van der Waals surface area contributed by atoms with E-state index in [9.17, 15) is 9.59 Å². The third-order valence-corrected chi connectivity index (χ3v) is 7.39. The fourth-order valence-electron chi connectivity index (χ4n) is 5.15. The maximum atomic E-state index is 13.0. The highest BCUT2D eigenvalue weighted by atomic mass is 32.1. The summed E-state index contributed by atoms with van der Waals surface area (Å²) in [6, 6.07) is 4.42. The molecule has 0 spiro atoms. The van der Waals surface area contributed by atoms with E-state index in [0.717, 1.165) is 32.1 Å². The van der Waals surface area contributed by atoms with Crippen LogP contribution in [0.4, 0.5) is 0 Å². The molecule has 3 saturated carbocycles. The first-order chi connectivity index (χ1) is 11.7. The lowest BCUT2D eigenvalue weighted by Crippen LogP contribution is -2.44. The van der Waals surface area contributed by atoms with Crippen molar-refractivity contribution in [1.29, 1.82) is 0 Å². The van der Waals surface area contributed by atoms with Gasteiger partial charge in [0.25, 0.3) is 0 Å². The molecular formula is C20H27NO2S. The molecule has 3 aliphatic rings. The van der Waals surface area contributed by atoms with Crippen LogP contribution in [0.5, 0.6) is 0 Å². The fraction of sp³-hybridized carbons (Fsp3) is 0.700. The molecule has 1 aromatic rings. The Morgan fingerprint density at radius 3 is 2.42 bits per heavy atom. The Morgan fingerprint density at radius 2 is 1.79 bits per heavy atom. The second kappa shape index (κ2) is 6.99. The van der Waals surface area contributed by atoms with Gasteiger partial charge in [-0.3, -0.25) is 9.59 Å². The van der Waals surface area contributed by atoms with E-state index in [1.807, 2.05) is 0 Å². The fourth-order valence-corrected chi connectivity index (χ4v) is 6.01. The largest absolute Gasteiger partial charge is 0.348 e. The van der Waals surface area contributed by atoms with E-state index in [4.69, 9.17) is 0 Å². The van der Waals surface area contributed by atoms with Gasteiger partial charge in [0.15, 0.2) is 0 Å². The topological polar surface area (TPSA) is 46.2 Å². The average Bonchev–Trinajstić information content (AvgIpc) is 3.26. The smallest absolute Gasteiger partial charge is 0.223 e. The van der Waals surface area contributed by atoms with Crippen LogP contribution in [-0.4, -0.2) is 11.7 Å². The van der Waals surface area contributed by atoms with Gasteiger partial charge in [0.2, 0.25) is 5.91 Å². The second-order valence-electron chi connectivity index (χ2n) is 7.94. The molecule has 4 heteroatoms. The minimum Gasteiger partial charge on any atom is -0.348 e. The minimum absolute atomic E-state index is 0.0434. The molecule has 0 radical (unpaired) electrons. The lowest BCUT2D eigenvalue weighted by Gasteiger charge is -2.37. The first-order valence-electron chi connectivity index (χ1n) is 9.60. The molecule has 24 heavy (non-hydrogen) atoms. The lowest BCUT2D eigenvalue weighted by atomic mass is 9.67. The van der Waals surface area contributed by atoms with Crippen LogP contribution in [0.3, 0.4) is 0 Å². The molecular weight excluding hydrogens is 318 g/mol. The van der Waals surface area contributed by atoms with Crippen LogP contribution >= 0.6 is 11.3 Å². The number of rotatable bonds is 4. The van der Waals surface area contributed by atoms with Crippen molar-refractivity contribution in [1.82, 2.24) is 5.32 Å². The molecule has 3 aliphatic carbocycles. The van der Waals surface area contributed by atoms with Gasteiger partial charge in [0, 0.05) is 22.6 Å². The zero-order valence-corrected chi connectivity index (χ0v) is 15.0. The molecule has 4 rings (SSSR count). The van der Waals surface area contributed by atoms with Gasteiger partial charge in [-0.1, -0.05) is 25.3 Å². The number of carbonyl (C=O) groups excluding carboxylic acids is 2. The van der Waals surface area contributed by atoms with Crippen LogP contribution in [0.2, 0.25) is 0 Å². The van der Waals surface area contributed by atoms with Gasteiger partial charge in [0.05, 0.1) is 6.04 Å². The molecule has 1 N–H and O–H groups in total. The van der Waals surface area contributed by atoms with Crippen LogP contribution in [0.15, 0.2) is 17.5 Å². The molecule has 3 fully saturated rings. The molecule has 0 saturated heterocycles. The Labute approximate surface area is 148 Å². The van der Waals surface area contributed by atoms with Crippen molar-refractivity contribution >= 4 is 23.0 Å². The minimum atomic E-state index is 0.0434. The van der Waals surface area contributed by atoms with E-state index in [0.29, 0.717) is 11.7 Å². The molecule has 0 aliphatic heterocycles. The lowest BCUT2D eigenvalue weighted by molar-refractivity contribution is -0.138. The van der Waals surface area contributed by atoms with Crippen molar-refractivity contribution in [3.63, 3.8) is 0 Å². The third kappa shape index (κ3) is 3.17. The SMILES string of the molecule is O=C(N[C@@H](c1cccs1)C1CCCC1)C1C[C@H]2CCC[C@@H](C1)C2=O. The first kappa shape index (κ1) is 16.3. The van der Waals surface area contributed by atoms with Gasteiger partial charge in [-0.2, -0.15) is 0 Å². The Bertz CT molecular complexity index is 575. The van der Waals surface area contributed by atoms with Crippen molar-refractivity contribution < 1.29 is 9.59 Å². The van der Waals surface area contributed by atoms with Crippen LogP contribution in [-0.2, 0) is 9.59 Å². The summed E-state index contributed by atoms with van der Waals surface area (Å²) in [6.45, 7) is 0. The Hall–Kier alpha value is -1.16. The van der Waals surface area contributed by atoms with Crippen LogP contribution in [0.1, 0.15) is 68.7 Å². The number of ketones is 1. The van der Waals surface area contributed by atoms with Crippen molar-refractivity contribution in [2.75, 3.05) is 0 Å². The highest BCUT2D eigenvalue weighted by molar-refractivity contribution is 7.10. The molecule has 3 nitrogen and oxygen atoms in total. The standard InChI is InChI=1S/C20H27NO2S/c22-19-14-7-3-8-15(19)12-16(11-14)20(23)21-18(13-5-1-2-6-13)17-9-4-10-24-17/h4,9-10,13-16,18H,1-3,5-8,11-12H2,(H,21,23)/t14-,15+,16?,18-/m1/s1. The molecule has 1 amide bonds. The number of thiophene rings is 1. The summed E-state index contributed by atoms with van der Waals surface area (Å²) >= 11 is 1.75. The van der Waals surface area contributed by atoms with E-state index in [1.54, 1.807) is 11.3 Å². The van der Waals surface area contributed by atoms with E-state index in [2.05, 4.69) is 22.8 Å². The van der Waals surface area contributed by atoms with Gasteiger partial charge in [-0.05, 0) is 55.9 Å². The highest BCUT2D eigenvalue weighted by Gasteiger charge is 2.42. The molecule has 1 aromatic heterocycles. The Kier molecular flexibility index (Phi) is 4.75. The summed E-state index contributed by atoms with van der Waals surface area (Å²) < 4.78 is 0. The summed E-state index contributed by atoms with van der Waals surface area (Å²) in [4.78, 5) is 26.5. The predicted octanol–water partition coefficient (Wildman–Crippen LogP) is 4.49. The zero-order chi connectivity index (χ0) is 16.5. The quantitative estimate of drug-likeness (QED) is 0.874. The normalized spacial score (nSPS) is 31.8. The molecule has 130 valence electrons. The number of Topliss-reactive ketones (excluding diaryl/α,β-unsaturated/α-hetero) is 1. The monoisotopic (exact) mass is 345 g/mol. The van der Waals surface area contributed by atoms with Crippen molar-refractivity contribution in [3.8, 4) is 0 Å². The highest BCUT2D eigenvalue weighted by Crippen LogP contribution is 2.41. The number of fused-ring (bicyclic) bond motifs is 2. The molecule has 2 bridgehead atoms. The van der Waals surface area contributed by atoms with Gasteiger partial charge < -0.3 is 5.32 Å². The Balaban J connectivity index is 1.46.